The van der Waals surface area contributed by atoms with Crippen LogP contribution in [0.3, 0.4) is 0 Å². The normalized spacial score (nSPS) is 13.7. The second-order valence-corrected chi connectivity index (χ2v) is 18.1. The Kier molecular flexibility index (Phi) is 39.3. The van der Waals surface area contributed by atoms with Gasteiger partial charge in [-0.15, -0.1) is 0 Å². The average molecular weight is 806 g/mol. The Morgan fingerprint density at radius 3 is 1.23 bits per heavy atom. The molecule has 0 saturated carbocycles. The first-order chi connectivity index (χ1) is 28.0. The molecule has 1 aliphatic rings. The number of hydrogen-bond acceptors (Lipinski definition) is 6. The van der Waals surface area contributed by atoms with Crippen molar-refractivity contribution in [3.05, 3.63) is 0 Å². The number of nitrogens with zero attached hydrogens (tertiary/aromatic N) is 1. The number of piperidine rings is 1. The monoisotopic (exact) mass is 806 g/mol. The van der Waals surface area contributed by atoms with E-state index in [9.17, 15) is 9.59 Å². The zero-order valence-corrected chi connectivity index (χ0v) is 38.9. The lowest BCUT2D eigenvalue weighted by molar-refractivity contribution is -0.145. The minimum absolute atomic E-state index is 0.00324. The minimum Gasteiger partial charge on any atom is -0.466 e. The Morgan fingerprint density at radius 2 is 0.807 bits per heavy atom. The smallest absolute Gasteiger partial charge is 0.305 e. The number of carbonyl (C=O) groups is 2. The van der Waals surface area contributed by atoms with Crippen LogP contribution < -0.4 is 0 Å². The topological polar surface area (TPSA) is 65.1 Å². The van der Waals surface area contributed by atoms with Crippen molar-refractivity contribution >= 4 is 11.9 Å². The van der Waals surface area contributed by atoms with E-state index >= 15 is 0 Å². The van der Waals surface area contributed by atoms with E-state index < -0.39 is 0 Å². The van der Waals surface area contributed by atoms with Gasteiger partial charge in [0.1, 0.15) is 0 Å². The van der Waals surface area contributed by atoms with E-state index in [-0.39, 0.29) is 11.9 Å². The first kappa shape index (κ1) is 53.9. The molecule has 0 aromatic rings. The Morgan fingerprint density at radius 1 is 0.421 bits per heavy atom. The SMILES string of the molecule is CCCCCC(CCCCC)CCOC(=O)CCCCCCCC(CCCCCCCC(=O)OCCC(CCCCC)CCCCC)OCCCN1CCCCC1. The number of rotatable bonds is 43. The summed E-state index contributed by atoms with van der Waals surface area (Å²) in [5.74, 6) is 1.44. The van der Waals surface area contributed by atoms with Gasteiger partial charge in [0.25, 0.3) is 0 Å². The van der Waals surface area contributed by atoms with Crippen molar-refractivity contribution in [2.75, 3.05) is 39.5 Å². The van der Waals surface area contributed by atoms with Crippen molar-refractivity contribution in [3.63, 3.8) is 0 Å². The van der Waals surface area contributed by atoms with Crippen LogP contribution >= 0.6 is 0 Å². The highest BCUT2D eigenvalue weighted by atomic mass is 16.5. The molecule has 6 nitrogen and oxygen atoms in total. The van der Waals surface area contributed by atoms with Crippen molar-refractivity contribution in [1.82, 2.24) is 4.90 Å². The van der Waals surface area contributed by atoms with Crippen LogP contribution in [0.5, 0.6) is 0 Å². The van der Waals surface area contributed by atoms with Crippen molar-refractivity contribution in [1.29, 1.82) is 0 Å². The van der Waals surface area contributed by atoms with Crippen molar-refractivity contribution in [2.24, 2.45) is 11.8 Å². The van der Waals surface area contributed by atoms with Gasteiger partial charge in [0, 0.05) is 26.0 Å². The van der Waals surface area contributed by atoms with Crippen LogP contribution in [0.1, 0.15) is 259 Å². The lowest BCUT2D eigenvalue weighted by atomic mass is 9.92. The predicted molar refractivity (Wildman–Crippen MR) is 244 cm³/mol. The molecule has 6 heteroatoms. The summed E-state index contributed by atoms with van der Waals surface area (Å²) >= 11 is 0. The molecule has 0 unspecified atom stereocenters. The number of hydrogen-bond donors (Lipinski definition) is 0. The first-order valence-electron chi connectivity index (χ1n) is 25.7. The fraction of sp³-hybridized carbons (Fsp3) is 0.961. The standard InChI is InChI=1S/C51H99NO5/c1-5-9-20-31-47(32-21-10-6-2)39-45-56-50(53)37-26-17-13-15-24-35-49(55-44-30-43-52-41-28-19-29-42-52)36-25-16-14-18-27-38-51(54)57-46-40-48(33-22-11-7-3)34-23-12-8-4/h47-49H,5-46H2,1-4H3. The van der Waals surface area contributed by atoms with Crippen molar-refractivity contribution < 1.29 is 23.8 Å². The molecule has 0 amide bonds. The maximum atomic E-state index is 12.4. The summed E-state index contributed by atoms with van der Waals surface area (Å²) in [6, 6.07) is 0. The zero-order chi connectivity index (χ0) is 41.3. The molecule has 0 atom stereocenters. The van der Waals surface area contributed by atoms with Gasteiger partial charge in [-0.1, -0.05) is 188 Å². The first-order valence-corrected chi connectivity index (χ1v) is 25.7. The molecule has 0 spiro atoms. The maximum Gasteiger partial charge on any atom is 0.305 e. The van der Waals surface area contributed by atoms with E-state index in [1.807, 2.05) is 0 Å². The van der Waals surface area contributed by atoms with E-state index in [1.165, 1.54) is 180 Å². The summed E-state index contributed by atoms with van der Waals surface area (Å²) in [6.07, 6.45) is 43.2. The van der Waals surface area contributed by atoms with E-state index in [0.717, 1.165) is 64.4 Å². The minimum atomic E-state index is 0.00324. The molecule has 0 radical (unpaired) electrons. The number of ether oxygens (including phenoxy) is 3. The third kappa shape index (κ3) is 35.3. The quantitative estimate of drug-likeness (QED) is 0.0452. The van der Waals surface area contributed by atoms with Gasteiger partial charge >= 0.3 is 11.9 Å². The van der Waals surface area contributed by atoms with Crippen LogP contribution in [0.15, 0.2) is 0 Å². The molecule has 1 fully saturated rings. The Balaban J connectivity index is 2.25. The van der Waals surface area contributed by atoms with Crippen LogP contribution in [-0.4, -0.2) is 62.4 Å². The maximum absolute atomic E-state index is 12.4. The van der Waals surface area contributed by atoms with E-state index in [4.69, 9.17) is 14.2 Å². The zero-order valence-electron chi connectivity index (χ0n) is 38.9. The Labute approximate surface area is 355 Å². The number of unbranched alkanes of at least 4 members (excludes halogenated alkanes) is 16. The van der Waals surface area contributed by atoms with E-state index in [0.29, 0.717) is 44.0 Å². The van der Waals surface area contributed by atoms with Gasteiger partial charge in [-0.2, -0.15) is 0 Å². The molecule has 1 aliphatic heterocycles. The van der Waals surface area contributed by atoms with Crippen LogP contribution in [0.4, 0.5) is 0 Å². The van der Waals surface area contributed by atoms with Gasteiger partial charge in [-0.25, -0.2) is 0 Å². The fourth-order valence-corrected chi connectivity index (χ4v) is 8.80. The lowest BCUT2D eigenvalue weighted by Gasteiger charge is -2.26. The Bertz CT molecular complexity index is 785. The van der Waals surface area contributed by atoms with Crippen LogP contribution in [0.2, 0.25) is 0 Å². The molecule has 338 valence electrons. The molecule has 0 aliphatic carbocycles. The van der Waals surface area contributed by atoms with Gasteiger partial charge in [-0.3, -0.25) is 9.59 Å². The molecule has 0 N–H and O–H groups in total. The summed E-state index contributed by atoms with van der Waals surface area (Å²) in [5.41, 5.74) is 0. The summed E-state index contributed by atoms with van der Waals surface area (Å²) in [6.45, 7) is 14.9. The van der Waals surface area contributed by atoms with Gasteiger partial charge in [0.2, 0.25) is 0 Å². The van der Waals surface area contributed by atoms with Gasteiger partial charge < -0.3 is 19.1 Å². The predicted octanol–water partition coefficient (Wildman–Crippen LogP) is 15.1. The summed E-state index contributed by atoms with van der Waals surface area (Å²) < 4.78 is 17.9. The molecule has 57 heavy (non-hydrogen) atoms. The van der Waals surface area contributed by atoms with Crippen LogP contribution in [0.25, 0.3) is 0 Å². The molecule has 0 bridgehead atoms. The Hall–Kier alpha value is -1.14. The number of esters is 2. The van der Waals surface area contributed by atoms with E-state index in [1.54, 1.807) is 0 Å². The van der Waals surface area contributed by atoms with E-state index in [2.05, 4.69) is 32.6 Å². The lowest BCUT2D eigenvalue weighted by Crippen LogP contribution is -2.31. The van der Waals surface area contributed by atoms with Crippen molar-refractivity contribution in [3.8, 4) is 0 Å². The molecular weight excluding hydrogens is 707 g/mol. The highest BCUT2D eigenvalue weighted by molar-refractivity contribution is 5.69. The summed E-state index contributed by atoms with van der Waals surface area (Å²) in [7, 11) is 0. The van der Waals surface area contributed by atoms with Gasteiger partial charge in [0.05, 0.1) is 19.3 Å². The second kappa shape index (κ2) is 41.6. The van der Waals surface area contributed by atoms with Gasteiger partial charge in [-0.05, 0) is 82.7 Å². The number of likely N-dealkylation sites (tertiary alicyclic amines) is 1. The summed E-state index contributed by atoms with van der Waals surface area (Å²) in [5, 5.41) is 0. The largest absolute Gasteiger partial charge is 0.466 e. The average Bonchev–Trinajstić information content (AvgIpc) is 3.21. The molecule has 0 aromatic carbocycles. The third-order valence-corrected chi connectivity index (χ3v) is 12.7. The molecule has 0 aromatic heterocycles. The molecular formula is C51H99NO5. The highest BCUT2D eigenvalue weighted by Crippen LogP contribution is 2.23. The fourth-order valence-electron chi connectivity index (χ4n) is 8.80. The molecule has 1 rings (SSSR count). The second-order valence-electron chi connectivity index (χ2n) is 18.1. The van der Waals surface area contributed by atoms with Gasteiger partial charge in [0.15, 0.2) is 0 Å². The molecule has 1 saturated heterocycles. The van der Waals surface area contributed by atoms with Crippen LogP contribution in [-0.2, 0) is 23.8 Å². The third-order valence-electron chi connectivity index (χ3n) is 12.7. The van der Waals surface area contributed by atoms with Crippen LogP contribution in [0, 0.1) is 11.8 Å². The number of carbonyl (C=O) groups excluding carboxylic acids is 2. The molecule has 1 heterocycles. The highest BCUT2D eigenvalue weighted by Gasteiger charge is 2.14. The summed E-state index contributed by atoms with van der Waals surface area (Å²) in [4.78, 5) is 27.5. The van der Waals surface area contributed by atoms with Crippen molar-refractivity contribution in [2.45, 2.75) is 265 Å².